The van der Waals surface area contributed by atoms with Crippen LogP contribution in [0.15, 0.2) is 28.7 Å². The maximum absolute atomic E-state index is 5.59. The molecule has 0 atom stereocenters. The number of benzene rings is 1. The van der Waals surface area contributed by atoms with Crippen LogP contribution in [0.5, 0.6) is 5.75 Å². The molecule has 1 fully saturated rings. The van der Waals surface area contributed by atoms with Gasteiger partial charge in [0.1, 0.15) is 5.75 Å². The Morgan fingerprint density at radius 1 is 1.09 bits per heavy atom. The highest BCUT2D eigenvalue weighted by atomic mass is 16.5. The number of hydrogen-bond acceptors (Lipinski definition) is 6. The van der Waals surface area contributed by atoms with Crippen molar-refractivity contribution in [3.8, 4) is 5.75 Å². The first-order valence-electron chi connectivity index (χ1n) is 7.71. The van der Waals surface area contributed by atoms with Gasteiger partial charge in [0.25, 0.3) is 0 Å². The summed E-state index contributed by atoms with van der Waals surface area (Å²) in [6.45, 7) is 6.63. The van der Waals surface area contributed by atoms with E-state index in [9.17, 15) is 0 Å². The van der Waals surface area contributed by atoms with E-state index >= 15 is 0 Å². The normalized spacial score (nSPS) is 16.0. The molecule has 2 heterocycles. The van der Waals surface area contributed by atoms with E-state index < -0.39 is 0 Å². The van der Waals surface area contributed by atoms with E-state index in [2.05, 4.69) is 32.1 Å². The van der Waals surface area contributed by atoms with Crippen LogP contribution in [0.3, 0.4) is 0 Å². The van der Waals surface area contributed by atoms with Crippen molar-refractivity contribution in [2.24, 2.45) is 0 Å². The zero-order valence-corrected chi connectivity index (χ0v) is 13.2. The van der Waals surface area contributed by atoms with E-state index in [0.717, 1.165) is 50.6 Å². The number of anilines is 1. The summed E-state index contributed by atoms with van der Waals surface area (Å²) in [5.74, 6) is 2.35. The number of rotatable bonds is 5. The number of hydrogen-bond donors (Lipinski definition) is 0. The van der Waals surface area contributed by atoms with Gasteiger partial charge in [0.05, 0.1) is 19.3 Å². The molecule has 1 aromatic carbocycles. The maximum atomic E-state index is 5.59. The van der Waals surface area contributed by atoms with Gasteiger partial charge in [-0.05, 0) is 12.1 Å². The number of aromatic nitrogens is 2. The van der Waals surface area contributed by atoms with Crippen LogP contribution in [-0.4, -0.2) is 48.4 Å². The summed E-state index contributed by atoms with van der Waals surface area (Å²) in [6.07, 6.45) is 0.786. The van der Waals surface area contributed by atoms with Crippen molar-refractivity contribution >= 4 is 5.69 Å². The van der Waals surface area contributed by atoms with Crippen LogP contribution < -0.4 is 9.64 Å². The first kappa shape index (κ1) is 14.8. The Morgan fingerprint density at radius 2 is 1.82 bits per heavy atom. The Kier molecular flexibility index (Phi) is 4.58. The number of piperazine rings is 1. The third-order valence-corrected chi connectivity index (χ3v) is 3.97. The van der Waals surface area contributed by atoms with Gasteiger partial charge in [-0.1, -0.05) is 19.1 Å². The van der Waals surface area contributed by atoms with E-state index in [1.54, 1.807) is 7.11 Å². The molecule has 22 heavy (non-hydrogen) atoms. The van der Waals surface area contributed by atoms with Gasteiger partial charge in [-0.3, -0.25) is 4.90 Å². The van der Waals surface area contributed by atoms with Crippen LogP contribution in [0.1, 0.15) is 18.7 Å². The van der Waals surface area contributed by atoms with Gasteiger partial charge in [0, 0.05) is 32.6 Å². The molecule has 0 radical (unpaired) electrons. The van der Waals surface area contributed by atoms with Gasteiger partial charge >= 0.3 is 0 Å². The van der Waals surface area contributed by atoms with Gasteiger partial charge in [-0.25, -0.2) is 0 Å². The molecule has 0 bridgehead atoms. The minimum absolute atomic E-state index is 0.711. The minimum atomic E-state index is 0.711. The lowest BCUT2D eigenvalue weighted by Crippen LogP contribution is -2.46. The highest BCUT2D eigenvalue weighted by Gasteiger charge is 2.20. The number of ether oxygens (including phenoxy) is 1. The molecule has 6 heteroatoms. The van der Waals surface area contributed by atoms with Crippen LogP contribution in [0.4, 0.5) is 5.69 Å². The molecule has 6 nitrogen and oxygen atoms in total. The Balaban J connectivity index is 1.58. The van der Waals surface area contributed by atoms with Crippen molar-refractivity contribution in [2.75, 3.05) is 38.2 Å². The molecule has 2 aromatic rings. The van der Waals surface area contributed by atoms with E-state index in [0.29, 0.717) is 11.8 Å². The van der Waals surface area contributed by atoms with Gasteiger partial charge in [0.2, 0.25) is 11.8 Å². The Hall–Kier alpha value is -2.08. The largest absolute Gasteiger partial charge is 0.495 e. The number of methoxy groups -OCH3 is 1. The Labute approximate surface area is 130 Å². The fourth-order valence-corrected chi connectivity index (χ4v) is 2.72. The van der Waals surface area contributed by atoms with Gasteiger partial charge in [0.15, 0.2) is 0 Å². The second-order valence-electron chi connectivity index (χ2n) is 5.38. The second kappa shape index (κ2) is 6.79. The van der Waals surface area contributed by atoms with Crippen molar-refractivity contribution in [3.05, 3.63) is 36.0 Å². The predicted octanol–water partition coefficient (Wildman–Crippen LogP) is 1.96. The van der Waals surface area contributed by atoms with E-state index in [-0.39, 0.29) is 0 Å². The summed E-state index contributed by atoms with van der Waals surface area (Å²) in [7, 11) is 1.72. The summed E-state index contributed by atoms with van der Waals surface area (Å²) in [5.41, 5.74) is 1.16. The molecule has 1 aromatic heterocycles. The molecule has 0 spiro atoms. The average molecular weight is 302 g/mol. The quantitative estimate of drug-likeness (QED) is 0.841. The average Bonchev–Trinajstić information content (AvgIpc) is 3.03. The monoisotopic (exact) mass is 302 g/mol. The SMILES string of the molecule is CCc1nnc(CN2CCN(c3ccccc3OC)CC2)o1. The molecule has 1 aliphatic heterocycles. The van der Waals surface area contributed by atoms with Crippen molar-refractivity contribution in [2.45, 2.75) is 19.9 Å². The van der Waals surface area contributed by atoms with Crippen LogP contribution in [0.25, 0.3) is 0 Å². The second-order valence-corrected chi connectivity index (χ2v) is 5.38. The van der Waals surface area contributed by atoms with Crippen LogP contribution in [0.2, 0.25) is 0 Å². The van der Waals surface area contributed by atoms with Crippen molar-refractivity contribution in [1.82, 2.24) is 15.1 Å². The zero-order chi connectivity index (χ0) is 15.4. The summed E-state index contributed by atoms with van der Waals surface area (Å²) in [6, 6.07) is 8.17. The fraction of sp³-hybridized carbons (Fsp3) is 0.500. The third kappa shape index (κ3) is 3.22. The Morgan fingerprint density at radius 3 is 2.50 bits per heavy atom. The minimum Gasteiger partial charge on any atom is -0.495 e. The molecule has 0 saturated carbocycles. The number of para-hydroxylation sites is 2. The molecule has 0 amide bonds. The van der Waals surface area contributed by atoms with E-state index in [4.69, 9.17) is 9.15 Å². The van der Waals surface area contributed by atoms with Crippen LogP contribution in [0, 0.1) is 0 Å². The van der Waals surface area contributed by atoms with Gasteiger partial charge in [-0.15, -0.1) is 10.2 Å². The summed E-state index contributed by atoms with van der Waals surface area (Å²) in [5, 5.41) is 8.11. The lowest BCUT2D eigenvalue weighted by atomic mass is 10.2. The molecule has 1 aliphatic rings. The molecule has 3 rings (SSSR count). The highest BCUT2D eigenvalue weighted by molar-refractivity contribution is 5.58. The molecular weight excluding hydrogens is 280 g/mol. The van der Waals surface area contributed by atoms with Crippen molar-refractivity contribution in [3.63, 3.8) is 0 Å². The molecule has 0 unspecified atom stereocenters. The molecule has 0 aliphatic carbocycles. The summed E-state index contributed by atoms with van der Waals surface area (Å²) in [4.78, 5) is 4.71. The molecule has 118 valence electrons. The Bertz CT molecular complexity index is 606. The third-order valence-electron chi connectivity index (χ3n) is 3.97. The molecule has 1 saturated heterocycles. The van der Waals surface area contributed by atoms with E-state index in [1.807, 2.05) is 19.1 Å². The van der Waals surface area contributed by atoms with E-state index in [1.165, 1.54) is 0 Å². The zero-order valence-electron chi connectivity index (χ0n) is 13.2. The fourth-order valence-electron chi connectivity index (χ4n) is 2.72. The summed E-state index contributed by atoms with van der Waals surface area (Å²) >= 11 is 0. The van der Waals surface area contributed by atoms with Crippen molar-refractivity contribution < 1.29 is 9.15 Å². The topological polar surface area (TPSA) is 54.6 Å². The predicted molar refractivity (Wildman–Crippen MR) is 84.2 cm³/mol. The number of aryl methyl sites for hydroxylation is 1. The lowest BCUT2D eigenvalue weighted by molar-refractivity contribution is 0.224. The van der Waals surface area contributed by atoms with Gasteiger partial charge < -0.3 is 14.1 Å². The maximum Gasteiger partial charge on any atom is 0.230 e. The summed E-state index contributed by atoms with van der Waals surface area (Å²) < 4.78 is 11.0. The van der Waals surface area contributed by atoms with Crippen LogP contribution in [-0.2, 0) is 13.0 Å². The standard InChI is InChI=1S/C16H22N4O2/c1-3-15-17-18-16(22-15)12-19-8-10-20(11-9-19)13-6-4-5-7-14(13)21-2/h4-7H,3,8-12H2,1-2H3. The van der Waals surface area contributed by atoms with Gasteiger partial charge in [-0.2, -0.15) is 0 Å². The van der Waals surface area contributed by atoms with Crippen molar-refractivity contribution in [1.29, 1.82) is 0 Å². The smallest absolute Gasteiger partial charge is 0.230 e. The molecular formula is C16H22N4O2. The van der Waals surface area contributed by atoms with Crippen LogP contribution >= 0.6 is 0 Å². The lowest BCUT2D eigenvalue weighted by Gasteiger charge is -2.35. The first-order chi connectivity index (χ1) is 10.8. The first-order valence-corrected chi connectivity index (χ1v) is 7.71. The number of nitrogens with zero attached hydrogens (tertiary/aromatic N) is 4. The molecule has 0 N–H and O–H groups in total. The highest BCUT2D eigenvalue weighted by Crippen LogP contribution is 2.28.